The van der Waals surface area contributed by atoms with Gasteiger partial charge in [-0.05, 0) is 37.9 Å². The highest BCUT2D eigenvalue weighted by Gasteiger charge is 2.36. The molecule has 2 saturated heterocycles. The molecule has 2 aromatic heterocycles. The zero-order valence-corrected chi connectivity index (χ0v) is 24.2. The lowest BCUT2D eigenvalue weighted by Gasteiger charge is -2.42. The number of nitrogens with two attached hydrogens (primary N) is 1. The molecule has 3 aromatic rings. The van der Waals surface area contributed by atoms with E-state index in [-0.39, 0.29) is 37.7 Å². The van der Waals surface area contributed by atoms with Gasteiger partial charge in [-0.15, -0.1) is 0 Å². The third-order valence-electron chi connectivity index (χ3n) is 8.63. The minimum atomic E-state index is -1.04. The van der Waals surface area contributed by atoms with Gasteiger partial charge in [-0.2, -0.15) is 15.2 Å². The number of benzene rings is 1. The molecule has 0 radical (unpaired) electrons. The van der Waals surface area contributed by atoms with E-state index in [9.17, 15) is 14.4 Å². The number of piperazine rings is 1. The molecule has 3 aliphatic heterocycles. The molecule has 0 saturated carbocycles. The zero-order valence-electron chi connectivity index (χ0n) is 24.2. The summed E-state index contributed by atoms with van der Waals surface area (Å²) in [5, 5.41) is 11.4. The normalized spacial score (nSPS) is 22.3. The van der Waals surface area contributed by atoms with E-state index in [4.69, 9.17) is 25.2 Å². The van der Waals surface area contributed by atoms with Gasteiger partial charge >= 0.3 is 6.01 Å². The quantitative estimate of drug-likeness (QED) is 0.411. The fourth-order valence-electron chi connectivity index (χ4n) is 6.34. The maximum Gasteiger partial charge on any atom is 0.318 e. The molecule has 3 atom stereocenters. The first-order valence-corrected chi connectivity index (χ1v) is 14.6. The van der Waals surface area contributed by atoms with Gasteiger partial charge in [-0.25, -0.2) is 9.37 Å². The summed E-state index contributed by atoms with van der Waals surface area (Å²) in [6, 6.07) is 11.9. The number of amides is 1. The lowest BCUT2D eigenvalue weighted by Crippen LogP contribution is -2.55. The first kappa shape index (κ1) is 28.8. The second-order valence-electron chi connectivity index (χ2n) is 11.4. The lowest BCUT2D eigenvalue weighted by molar-refractivity contribution is -0.131. The average Bonchev–Trinajstić information content (AvgIpc) is 3.42. The number of carbonyl (C=O) groups excluding carboxylic acids is 1. The molecule has 5 heterocycles. The van der Waals surface area contributed by atoms with Crippen molar-refractivity contribution >= 4 is 28.3 Å². The van der Waals surface area contributed by atoms with Gasteiger partial charge in [0, 0.05) is 43.0 Å². The van der Waals surface area contributed by atoms with Gasteiger partial charge in [0.15, 0.2) is 5.83 Å². The van der Waals surface area contributed by atoms with Crippen molar-refractivity contribution in [3.8, 4) is 12.1 Å². The van der Waals surface area contributed by atoms with Crippen molar-refractivity contribution < 1.29 is 18.7 Å². The number of aromatic nitrogens is 3. The number of likely N-dealkylation sites (tertiary alicyclic amines) is 1. The van der Waals surface area contributed by atoms with Crippen LogP contribution < -0.4 is 15.4 Å². The SMILES string of the molecule is C=C(F)C(=O)N1CCN(c2nc(OC[C@H]3CCCN3C)nc3c2COC(c2nc(N)cc4ccccc24)C3)C[C@H]1CC#N. The number of hydrogen-bond acceptors (Lipinski definition) is 10. The Balaban J connectivity index is 1.34. The second-order valence-corrected chi connectivity index (χ2v) is 11.4. The number of nitrogens with zero attached hydrogens (tertiary/aromatic N) is 7. The Kier molecular flexibility index (Phi) is 8.10. The van der Waals surface area contributed by atoms with Crippen LogP contribution in [-0.2, 0) is 22.6 Å². The van der Waals surface area contributed by atoms with E-state index in [2.05, 4.69) is 29.6 Å². The molecule has 224 valence electrons. The molecule has 0 bridgehead atoms. The van der Waals surface area contributed by atoms with Crippen LogP contribution in [0, 0.1) is 11.3 Å². The summed E-state index contributed by atoms with van der Waals surface area (Å²) in [6.45, 7) is 5.79. The third kappa shape index (κ3) is 5.83. The number of nitriles is 1. The Morgan fingerprint density at radius 2 is 2.07 bits per heavy atom. The van der Waals surface area contributed by atoms with Gasteiger partial charge in [-0.3, -0.25) is 4.79 Å². The van der Waals surface area contributed by atoms with Crippen molar-refractivity contribution in [3.05, 3.63) is 59.7 Å². The van der Waals surface area contributed by atoms with Crippen LogP contribution in [0.15, 0.2) is 42.7 Å². The van der Waals surface area contributed by atoms with Gasteiger partial charge < -0.3 is 29.9 Å². The van der Waals surface area contributed by atoms with Crippen molar-refractivity contribution in [3.63, 3.8) is 0 Å². The lowest BCUT2D eigenvalue weighted by atomic mass is 9.98. The number of nitrogen functional groups attached to an aromatic ring is 1. The first-order valence-electron chi connectivity index (χ1n) is 14.6. The Hall–Kier alpha value is -4.34. The summed E-state index contributed by atoms with van der Waals surface area (Å²) in [5.74, 6) is -0.770. The van der Waals surface area contributed by atoms with Crippen LogP contribution in [0.2, 0.25) is 0 Å². The molecule has 2 N–H and O–H groups in total. The van der Waals surface area contributed by atoms with Gasteiger partial charge in [0.1, 0.15) is 24.3 Å². The second kappa shape index (κ2) is 12.1. The van der Waals surface area contributed by atoms with Gasteiger partial charge in [0.05, 0.1) is 36.5 Å². The maximum absolute atomic E-state index is 13.8. The van der Waals surface area contributed by atoms with Crippen molar-refractivity contribution in [1.29, 1.82) is 5.26 Å². The van der Waals surface area contributed by atoms with E-state index in [0.717, 1.165) is 47.1 Å². The van der Waals surface area contributed by atoms with E-state index in [1.807, 2.05) is 35.2 Å². The number of carbonyl (C=O) groups is 1. The molecular formula is C31H35FN8O3. The monoisotopic (exact) mass is 586 g/mol. The number of ether oxygens (including phenoxy) is 2. The number of likely N-dealkylation sites (N-methyl/N-ethyl adjacent to an activating group) is 1. The van der Waals surface area contributed by atoms with E-state index >= 15 is 0 Å². The van der Waals surface area contributed by atoms with Crippen molar-refractivity contribution in [2.75, 3.05) is 50.5 Å². The fraction of sp³-hybridized carbons (Fsp3) is 0.452. The average molecular weight is 587 g/mol. The molecule has 0 spiro atoms. The third-order valence-corrected chi connectivity index (χ3v) is 8.63. The van der Waals surface area contributed by atoms with E-state index < -0.39 is 17.8 Å². The van der Waals surface area contributed by atoms with Crippen LogP contribution in [0.1, 0.15) is 42.3 Å². The summed E-state index contributed by atoms with van der Waals surface area (Å²) >= 11 is 0. The number of hydrogen-bond donors (Lipinski definition) is 1. The predicted octanol–water partition coefficient (Wildman–Crippen LogP) is 3.31. The molecule has 3 aliphatic rings. The van der Waals surface area contributed by atoms with E-state index in [1.165, 1.54) is 4.90 Å². The summed E-state index contributed by atoms with van der Waals surface area (Å²) < 4.78 is 26.4. The van der Waals surface area contributed by atoms with Crippen molar-refractivity contribution in [2.45, 2.75) is 50.5 Å². The predicted molar refractivity (Wildman–Crippen MR) is 159 cm³/mol. The van der Waals surface area contributed by atoms with Gasteiger partial charge in [0.2, 0.25) is 0 Å². The molecule has 1 unspecified atom stereocenters. The fourth-order valence-corrected chi connectivity index (χ4v) is 6.34. The molecule has 12 heteroatoms. The smallest absolute Gasteiger partial charge is 0.318 e. The summed E-state index contributed by atoms with van der Waals surface area (Å²) in [6.07, 6.45) is 2.27. The largest absolute Gasteiger partial charge is 0.462 e. The molecule has 6 rings (SSSR count). The summed E-state index contributed by atoms with van der Waals surface area (Å²) in [7, 11) is 2.09. The van der Waals surface area contributed by atoms with Crippen LogP contribution in [-0.4, -0.2) is 82.6 Å². The maximum atomic E-state index is 13.8. The van der Waals surface area contributed by atoms with Crippen LogP contribution in [0.5, 0.6) is 6.01 Å². The molecule has 43 heavy (non-hydrogen) atoms. The molecule has 1 amide bonds. The molecule has 1 aromatic carbocycles. The molecular weight excluding hydrogens is 551 g/mol. The number of anilines is 2. The topological polar surface area (TPSA) is 134 Å². The van der Waals surface area contributed by atoms with Crippen LogP contribution in [0.25, 0.3) is 10.8 Å². The highest BCUT2D eigenvalue weighted by molar-refractivity contribution is 5.91. The standard InChI is InChI=1S/C31H35FN8O3/c1-19(32)30(41)40-13-12-39(16-21(40)9-10-33)29-24-18-42-26(28-23-8-4-3-6-20(23)14-27(34)36-28)15-25(24)35-31(37-29)43-17-22-7-5-11-38(22)2/h3-4,6,8,14,21-22,26H,1,5,7,9,11-13,15-18H2,2H3,(H2,34,36)/t21-,22-,26?/m1/s1. The molecule has 11 nitrogen and oxygen atoms in total. The van der Waals surface area contributed by atoms with Crippen LogP contribution in [0.3, 0.4) is 0 Å². The Bertz CT molecular complexity index is 1590. The number of fused-ring (bicyclic) bond motifs is 2. The van der Waals surface area contributed by atoms with Gasteiger partial charge in [-0.1, -0.05) is 30.8 Å². The number of rotatable bonds is 7. The van der Waals surface area contributed by atoms with E-state index in [0.29, 0.717) is 37.8 Å². The van der Waals surface area contributed by atoms with Crippen LogP contribution in [0.4, 0.5) is 16.0 Å². The highest BCUT2D eigenvalue weighted by Crippen LogP contribution is 2.38. The first-order chi connectivity index (χ1) is 20.8. The van der Waals surface area contributed by atoms with Crippen LogP contribution >= 0.6 is 0 Å². The summed E-state index contributed by atoms with van der Waals surface area (Å²) in [5.41, 5.74) is 8.53. The Morgan fingerprint density at radius 3 is 2.84 bits per heavy atom. The zero-order chi connectivity index (χ0) is 30.1. The Morgan fingerprint density at radius 1 is 1.23 bits per heavy atom. The van der Waals surface area contributed by atoms with Crippen molar-refractivity contribution in [2.24, 2.45) is 0 Å². The number of halogens is 1. The summed E-state index contributed by atoms with van der Waals surface area (Å²) in [4.78, 5) is 32.5. The highest BCUT2D eigenvalue weighted by atomic mass is 19.1. The van der Waals surface area contributed by atoms with Gasteiger partial charge in [0.25, 0.3) is 5.91 Å². The molecule has 0 aliphatic carbocycles. The van der Waals surface area contributed by atoms with E-state index in [1.54, 1.807) is 0 Å². The minimum absolute atomic E-state index is 0.0485. The van der Waals surface area contributed by atoms with Crippen molar-refractivity contribution in [1.82, 2.24) is 24.8 Å². The number of pyridine rings is 1. The Labute approximate surface area is 249 Å². The molecule has 2 fully saturated rings. The minimum Gasteiger partial charge on any atom is -0.462 e.